The molecule has 0 aliphatic rings. The number of rotatable bonds is 10. The molecule has 0 unspecified atom stereocenters. The average Bonchev–Trinajstić information content (AvgIpc) is 2.28. The van der Waals surface area contributed by atoms with Crippen LogP contribution in [0.5, 0.6) is 0 Å². The fourth-order valence-corrected chi connectivity index (χ4v) is 1.60. The molecule has 0 aromatic rings. The predicted octanol–water partition coefficient (Wildman–Crippen LogP) is 3.40. The Kier molecular flexibility index (Phi) is 10.8. The molecule has 0 aromatic carbocycles. The summed E-state index contributed by atoms with van der Waals surface area (Å²) in [7, 11) is 0. The molecule has 0 fully saturated rings. The first kappa shape index (κ1) is 16.0. The molecular weight excluding hydrogens is 214 g/mol. The lowest BCUT2D eigenvalue weighted by molar-refractivity contribution is -0.137. The lowest BCUT2D eigenvalue weighted by atomic mass is 10.1. The number of ether oxygens (including phenoxy) is 1. The second-order valence-electron chi connectivity index (χ2n) is 4.27. The van der Waals surface area contributed by atoms with Crippen LogP contribution in [-0.4, -0.2) is 19.1 Å². The molecule has 17 heavy (non-hydrogen) atoms. The quantitative estimate of drug-likeness (QED) is 0.362. The van der Waals surface area contributed by atoms with Crippen molar-refractivity contribution < 1.29 is 9.53 Å². The van der Waals surface area contributed by atoms with Gasteiger partial charge in [-0.1, -0.05) is 39.0 Å². The molecule has 0 aliphatic heterocycles. The van der Waals surface area contributed by atoms with Crippen molar-refractivity contribution in [2.45, 2.75) is 59.3 Å². The first-order chi connectivity index (χ1) is 8.20. The SMILES string of the molecule is CCCCCCCCNC(C)=CC(=O)OCC. The van der Waals surface area contributed by atoms with Crippen molar-refractivity contribution in [3.05, 3.63) is 11.8 Å². The summed E-state index contributed by atoms with van der Waals surface area (Å²) in [5, 5.41) is 3.22. The van der Waals surface area contributed by atoms with Gasteiger partial charge in [0.15, 0.2) is 0 Å². The fourth-order valence-electron chi connectivity index (χ4n) is 1.60. The van der Waals surface area contributed by atoms with E-state index in [2.05, 4.69) is 12.2 Å². The third kappa shape index (κ3) is 11.3. The van der Waals surface area contributed by atoms with Crippen LogP contribution in [0.15, 0.2) is 11.8 Å². The highest BCUT2D eigenvalue weighted by Gasteiger charge is 1.97. The number of hydrogen-bond acceptors (Lipinski definition) is 3. The van der Waals surface area contributed by atoms with E-state index in [1.165, 1.54) is 38.2 Å². The van der Waals surface area contributed by atoms with E-state index >= 15 is 0 Å². The van der Waals surface area contributed by atoms with Crippen LogP contribution in [0.25, 0.3) is 0 Å². The maximum Gasteiger partial charge on any atom is 0.332 e. The molecule has 0 atom stereocenters. The number of allylic oxidation sites excluding steroid dienone is 1. The summed E-state index contributed by atoms with van der Waals surface area (Å²) in [5.41, 5.74) is 0.886. The number of unbranched alkanes of at least 4 members (excludes halogenated alkanes) is 5. The summed E-state index contributed by atoms with van der Waals surface area (Å²) in [6.07, 6.45) is 9.23. The summed E-state index contributed by atoms with van der Waals surface area (Å²) >= 11 is 0. The van der Waals surface area contributed by atoms with Crippen molar-refractivity contribution in [2.75, 3.05) is 13.2 Å². The Morgan fingerprint density at radius 1 is 1.12 bits per heavy atom. The van der Waals surface area contributed by atoms with E-state index in [4.69, 9.17) is 4.74 Å². The van der Waals surface area contributed by atoms with Crippen LogP contribution in [-0.2, 0) is 9.53 Å². The molecule has 0 heterocycles. The Balaban J connectivity index is 3.44. The molecule has 1 N–H and O–H groups in total. The van der Waals surface area contributed by atoms with Crippen molar-refractivity contribution in [3.63, 3.8) is 0 Å². The minimum atomic E-state index is -0.263. The maximum absolute atomic E-state index is 11.1. The van der Waals surface area contributed by atoms with Crippen LogP contribution >= 0.6 is 0 Å². The van der Waals surface area contributed by atoms with Gasteiger partial charge in [-0.25, -0.2) is 4.79 Å². The highest BCUT2D eigenvalue weighted by molar-refractivity contribution is 5.82. The van der Waals surface area contributed by atoms with E-state index in [-0.39, 0.29) is 5.97 Å². The third-order valence-electron chi connectivity index (χ3n) is 2.56. The van der Waals surface area contributed by atoms with E-state index in [0.717, 1.165) is 18.7 Å². The molecule has 0 saturated carbocycles. The Bertz CT molecular complexity index is 224. The van der Waals surface area contributed by atoms with Crippen LogP contribution < -0.4 is 5.32 Å². The minimum Gasteiger partial charge on any atom is -0.463 e. The monoisotopic (exact) mass is 241 g/mol. The van der Waals surface area contributed by atoms with Crippen molar-refractivity contribution in [2.24, 2.45) is 0 Å². The summed E-state index contributed by atoms with van der Waals surface area (Å²) in [5.74, 6) is -0.263. The molecule has 0 radical (unpaired) electrons. The maximum atomic E-state index is 11.1. The average molecular weight is 241 g/mol. The molecule has 3 heteroatoms. The third-order valence-corrected chi connectivity index (χ3v) is 2.56. The molecule has 0 bridgehead atoms. The van der Waals surface area contributed by atoms with Crippen molar-refractivity contribution in [3.8, 4) is 0 Å². The normalized spacial score (nSPS) is 11.4. The van der Waals surface area contributed by atoms with Crippen LogP contribution in [0.1, 0.15) is 59.3 Å². The van der Waals surface area contributed by atoms with Crippen molar-refractivity contribution in [1.29, 1.82) is 0 Å². The number of carbonyl (C=O) groups excluding carboxylic acids is 1. The van der Waals surface area contributed by atoms with Gasteiger partial charge in [0.1, 0.15) is 0 Å². The zero-order chi connectivity index (χ0) is 12.9. The fraction of sp³-hybridized carbons (Fsp3) is 0.786. The topological polar surface area (TPSA) is 38.3 Å². The number of carbonyl (C=O) groups is 1. The van der Waals surface area contributed by atoms with Gasteiger partial charge in [-0.2, -0.15) is 0 Å². The standard InChI is InChI=1S/C14H27NO2/c1-4-6-7-8-9-10-11-15-13(3)12-14(16)17-5-2/h12,15H,4-11H2,1-3H3. The van der Waals surface area contributed by atoms with E-state index in [1.54, 1.807) is 0 Å². The van der Waals surface area contributed by atoms with E-state index < -0.39 is 0 Å². The van der Waals surface area contributed by atoms with E-state index in [9.17, 15) is 4.79 Å². The Morgan fingerprint density at radius 3 is 2.41 bits per heavy atom. The minimum absolute atomic E-state index is 0.263. The highest BCUT2D eigenvalue weighted by Crippen LogP contribution is 2.04. The van der Waals surface area contributed by atoms with Gasteiger partial charge in [-0.15, -0.1) is 0 Å². The van der Waals surface area contributed by atoms with Crippen molar-refractivity contribution >= 4 is 5.97 Å². The van der Waals surface area contributed by atoms with Crippen LogP contribution in [0, 0.1) is 0 Å². The molecule has 0 aliphatic carbocycles. The number of nitrogens with one attached hydrogen (secondary N) is 1. The Labute approximate surface area is 106 Å². The summed E-state index contributed by atoms with van der Waals surface area (Å²) in [4.78, 5) is 11.1. The molecule has 100 valence electrons. The molecule has 3 nitrogen and oxygen atoms in total. The van der Waals surface area contributed by atoms with Gasteiger partial charge in [-0.3, -0.25) is 0 Å². The van der Waals surface area contributed by atoms with E-state index in [0.29, 0.717) is 6.61 Å². The Hall–Kier alpha value is -0.990. The summed E-state index contributed by atoms with van der Waals surface area (Å²) < 4.78 is 4.83. The molecule has 0 rings (SSSR count). The van der Waals surface area contributed by atoms with Gasteiger partial charge >= 0.3 is 5.97 Å². The molecule has 0 amide bonds. The van der Waals surface area contributed by atoms with Crippen LogP contribution in [0.3, 0.4) is 0 Å². The zero-order valence-electron chi connectivity index (χ0n) is 11.6. The van der Waals surface area contributed by atoms with Crippen molar-refractivity contribution in [1.82, 2.24) is 5.32 Å². The first-order valence-electron chi connectivity index (χ1n) is 6.79. The predicted molar refractivity (Wildman–Crippen MR) is 71.8 cm³/mol. The molecular formula is C14H27NO2. The van der Waals surface area contributed by atoms with E-state index in [1.807, 2.05) is 13.8 Å². The largest absolute Gasteiger partial charge is 0.463 e. The lowest BCUT2D eigenvalue weighted by Crippen LogP contribution is -2.14. The highest BCUT2D eigenvalue weighted by atomic mass is 16.5. The van der Waals surface area contributed by atoms with Crippen LogP contribution in [0.4, 0.5) is 0 Å². The zero-order valence-corrected chi connectivity index (χ0v) is 11.6. The summed E-state index contributed by atoms with van der Waals surface area (Å²) in [6.45, 7) is 7.30. The van der Waals surface area contributed by atoms with Gasteiger partial charge in [0.05, 0.1) is 6.61 Å². The van der Waals surface area contributed by atoms with Gasteiger partial charge in [0.2, 0.25) is 0 Å². The van der Waals surface area contributed by atoms with Gasteiger partial charge in [0, 0.05) is 18.3 Å². The second kappa shape index (κ2) is 11.5. The first-order valence-corrected chi connectivity index (χ1v) is 6.79. The second-order valence-corrected chi connectivity index (χ2v) is 4.27. The number of hydrogen-bond donors (Lipinski definition) is 1. The number of esters is 1. The molecule has 0 saturated heterocycles. The smallest absolute Gasteiger partial charge is 0.332 e. The van der Waals surface area contributed by atoms with Gasteiger partial charge in [0.25, 0.3) is 0 Å². The molecule has 0 spiro atoms. The Morgan fingerprint density at radius 2 is 1.76 bits per heavy atom. The van der Waals surface area contributed by atoms with Gasteiger partial charge in [-0.05, 0) is 20.3 Å². The molecule has 0 aromatic heterocycles. The lowest BCUT2D eigenvalue weighted by Gasteiger charge is -2.06. The summed E-state index contributed by atoms with van der Waals surface area (Å²) in [6, 6.07) is 0. The van der Waals surface area contributed by atoms with Gasteiger partial charge < -0.3 is 10.1 Å². The van der Waals surface area contributed by atoms with Crippen LogP contribution in [0.2, 0.25) is 0 Å².